The molecular weight excluding hydrogens is 324 g/mol. The molecule has 0 radical (unpaired) electrons. The van der Waals surface area contributed by atoms with Crippen LogP contribution in [0.15, 0.2) is 57.4 Å². The molecule has 1 unspecified atom stereocenters. The molecule has 4 nitrogen and oxygen atoms in total. The number of esters is 1. The van der Waals surface area contributed by atoms with Gasteiger partial charge in [-0.25, -0.2) is 4.79 Å². The van der Waals surface area contributed by atoms with Gasteiger partial charge in [-0.2, -0.15) is 0 Å². The Morgan fingerprint density at radius 1 is 1.30 bits per heavy atom. The van der Waals surface area contributed by atoms with Crippen LogP contribution in [0.1, 0.15) is 11.9 Å². The van der Waals surface area contributed by atoms with Gasteiger partial charge in [0.2, 0.25) is 0 Å². The van der Waals surface area contributed by atoms with Crippen molar-refractivity contribution >= 4 is 21.9 Å². The number of methoxy groups -OCH3 is 1. The maximum absolute atomic E-state index is 11.3. The highest BCUT2D eigenvalue weighted by molar-refractivity contribution is 9.10. The number of furan rings is 1. The molecule has 0 aliphatic rings. The number of halogens is 1. The monoisotopic (exact) mass is 336 g/mol. The summed E-state index contributed by atoms with van der Waals surface area (Å²) in [6.45, 7) is 3.50. The lowest BCUT2D eigenvalue weighted by molar-refractivity contribution is -0.137. The molecule has 0 saturated heterocycles. The Morgan fingerprint density at radius 2 is 1.95 bits per heavy atom. The van der Waals surface area contributed by atoms with E-state index >= 15 is 0 Å². The minimum absolute atomic E-state index is 0.0655. The summed E-state index contributed by atoms with van der Waals surface area (Å²) in [6, 6.07) is 10.9. The van der Waals surface area contributed by atoms with E-state index in [-0.39, 0.29) is 11.3 Å². The molecule has 0 fully saturated rings. The number of carbonyl (C=O) groups is 1. The SMILES string of the molecule is C=C(C(=O)OC)C(O)c1ccc(-c2ccc(Br)cc2)o1. The van der Waals surface area contributed by atoms with Gasteiger partial charge in [0.1, 0.15) is 17.6 Å². The van der Waals surface area contributed by atoms with Crippen LogP contribution in [0.3, 0.4) is 0 Å². The van der Waals surface area contributed by atoms with Crippen LogP contribution in [0.25, 0.3) is 11.3 Å². The third-order valence-electron chi connectivity index (χ3n) is 2.80. The van der Waals surface area contributed by atoms with Gasteiger partial charge in [-0.3, -0.25) is 0 Å². The Bertz CT molecular complexity index is 628. The van der Waals surface area contributed by atoms with Crippen LogP contribution in [0.5, 0.6) is 0 Å². The van der Waals surface area contributed by atoms with E-state index in [2.05, 4.69) is 27.2 Å². The van der Waals surface area contributed by atoms with E-state index in [1.54, 1.807) is 12.1 Å². The second kappa shape index (κ2) is 6.07. The average Bonchev–Trinajstić information content (AvgIpc) is 2.95. The highest BCUT2D eigenvalue weighted by Crippen LogP contribution is 2.29. The summed E-state index contributed by atoms with van der Waals surface area (Å²) in [6.07, 6.45) is -1.22. The van der Waals surface area contributed by atoms with Crippen molar-refractivity contribution in [2.45, 2.75) is 6.10 Å². The number of carbonyl (C=O) groups excluding carboxylic acids is 1. The van der Waals surface area contributed by atoms with Gasteiger partial charge < -0.3 is 14.3 Å². The molecule has 0 amide bonds. The number of benzene rings is 1. The Labute approximate surface area is 124 Å². The number of hydrogen-bond donors (Lipinski definition) is 1. The van der Waals surface area contributed by atoms with Crippen molar-refractivity contribution in [2.75, 3.05) is 7.11 Å². The number of rotatable bonds is 4. The predicted molar refractivity (Wildman–Crippen MR) is 78.0 cm³/mol. The predicted octanol–water partition coefficient (Wildman–Crippen LogP) is 3.47. The molecule has 104 valence electrons. The summed E-state index contributed by atoms with van der Waals surface area (Å²) < 4.78 is 11.0. The molecule has 1 aromatic carbocycles. The minimum atomic E-state index is -1.22. The van der Waals surface area contributed by atoms with Gasteiger partial charge in [0.05, 0.1) is 12.7 Å². The van der Waals surface area contributed by atoms with Crippen molar-refractivity contribution in [2.24, 2.45) is 0 Å². The Morgan fingerprint density at radius 3 is 2.55 bits per heavy atom. The number of hydrogen-bond acceptors (Lipinski definition) is 4. The molecule has 1 aromatic heterocycles. The molecule has 20 heavy (non-hydrogen) atoms. The van der Waals surface area contributed by atoms with Gasteiger partial charge in [-0.05, 0) is 24.3 Å². The van der Waals surface area contributed by atoms with E-state index in [0.29, 0.717) is 5.76 Å². The van der Waals surface area contributed by atoms with Crippen LogP contribution < -0.4 is 0 Å². The summed E-state index contributed by atoms with van der Waals surface area (Å²) >= 11 is 3.36. The molecule has 0 saturated carbocycles. The molecule has 1 atom stereocenters. The standard InChI is InChI=1S/C15H13BrO4/c1-9(15(18)19-2)14(17)13-8-7-12(20-13)10-3-5-11(16)6-4-10/h3-8,14,17H,1H2,2H3. The van der Waals surface area contributed by atoms with Crippen LogP contribution in [0.2, 0.25) is 0 Å². The summed E-state index contributed by atoms with van der Waals surface area (Å²) in [5.41, 5.74) is 0.805. The zero-order valence-corrected chi connectivity index (χ0v) is 12.4. The normalized spacial score (nSPS) is 11.9. The zero-order valence-electron chi connectivity index (χ0n) is 10.8. The van der Waals surface area contributed by atoms with Crippen molar-refractivity contribution in [1.29, 1.82) is 0 Å². The Hall–Kier alpha value is -1.85. The van der Waals surface area contributed by atoms with E-state index in [1.165, 1.54) is 7.11 Å². The van der Waals surface area contributed by atoms with E-state index < -0.39 is 12.1 Å². The number of aliphatic hydroxyl groups excluding tert-OH is 1. The third kappa shape index (κ3) is 3.00. The highest BCUT2D eigenvalue weighted by Gasteiger charge is 2.22. The van der Waals surface area contributed by atoms with E-state index in [1.807, 2.05) is 24.3 Å². The number of aliphatic hydroxyl groups is 1. The Kier molecular flexibility index (Phi) is 4.42. The van der Waals surface area contributed by atoms with Crippen LogP contribution in [-0.4, -0.2) is 18.2 Å². The fourth-order valence-electron chi connectivity index (χ4n) is 1.68. The molecular formula is C15H13BrO4. The van der Waals surface area contributed by atoms with Crippen LogP contribution in [0, 0.1) is 0 Å². The van der Waals surface area contributed by atoms with Gasteiger partial charge in [-0.1, -0.05) is 34.6 Å². The van der Waals surface area contributed by atoms with Crippen LogP contribution >= 0.6 is 15.9 Å². The molecule has 1 N–H and O–H groups in total. The maximum Gasteiger partial charge on any atom is 0.336 e. The van der Waals surface area contributed by atoms with Crippen molar-refractivity contribution in [3.63, 3.8) is 0 Å². The minimum Gasteiger partial charge on any atom is -0.466 e. The first kappa shape index (κ1) is 14.6. The molecule has 2 aromatic rings. The number of ether oxygens (including phenoxy) is 1. The van der Waals surface area contributed by atoms with E-state index in [0.717, 1.165) is 10.0 Å². The molecule has 2 rings (SSSR count). The van der Waals surface area contributed by atoms with Crippen molar-refractivity contribution in [3.8, 4) is 11.3 Å². The Balaban J connectivity index is 2.22. The molecule has 1 heterocycles. The lowest BCUT2D eigenvalue weighted by Crippen LogP contribution is -2.11. The van der Waals surface area contributed by atoms with Gasteiger partial charge in [0.15, 0.2) is 0 Å². The summed E-state index contributed by atoms with van der Waals surface area (Å²) in [4.78, 5) is 11.3. The van der Waals surface area contributed by atoms with Gasteiger partial charge >= 0.3 is 5.97 Å². The van der Waals surface area contributed by atoms with Gasteiger partial charge in [-0.15, -0.1) is 0 Å². The fourth-order valence-corrected chi connectivity index (χ4v) is 1.95. The van der Waals surface area contributed by atoms with Crippen molar-refractivity contribution < 1.29 is 19.1 Å². The zero-order chi connectivity index (χ0) is 14.7. The van der Waals surface area contributed by atoms with E-state index in [4.69, 9.17) is 4.42 Å². The second-order valence-electron chi connectivity index (χ2n) is 4.13. The van der Waals surface area contributed by atoms with Crippen molar-refractivity contribution in [1.82, 2.24) is 0 Å². The topological polar surface area (TPSA) is 59.7 Å². The largest absolute Gasteiger partial charge is 0.466 e. The second-order valence-corrected chi connectivity index (χ2v) is 5.04. The molecule has 0 aliphatic heterocycles. The third-order valence-corrected chi connectivity index (χ3v) is 3.33. The molecule has 0 aliphatic carbocycles. The van der Waals surface area contributed by atoms with Crippen LogP contribution in [-0.2, 0) is 9.53 Å². The summed E-state index contributed by atoms with van der Waals surface area (Å²) in [5.74, 6) is 0.182. The van der Waals surface area contributed by atoms with Crippen molar-refractivity contribution in [3.05, 3.63) is 58.8 Å². The quantitative estimate of drug-likeness (QED) is 0.686. The van der Waals surface area contributed by atoms with Gasteiger partial charge in [0.25, 0.3) is 0 Å². The first-order valence-electron chi connectivity index (χ1n) is 5.83. The van der Waals surface area contributed by atoms with Gasteiger partial charge in [0, 0.05) is 10.0 Å². The molecule has 0 bridgehead atoms. The van der Waals surface area contributed by atoms with E-state index in [9.17, 15) is 9.90 Å². The summed E-state index contributed by atoms with van der Waals surface area (Å²) in [7, 11) is 1.23. The maximum atomic E-state index is 11.3. The smallest absolute Gasteiger partial charge is 0.336 e. The average molecular weight is 337 g/mol. The first-order chi connectivity index (χ1) is 9.52. The lowest BCUT2D eigenvalue weighted by atomic mass is 10.1. The lowest BCUT2D eigenvalue weighted by Gasteiger charge is -2.09. The van der Waals surface area contributed by atoms with Crippen LogP contribution in [0.4, 0.5) is 0 Å². The molecule has 5 heteroatoms. The highest BCUT2D eigenvalue weighted by atomic mass is 79.9. The first-order valence-corrected chi connectivity index (χ1v) is 6.63. The molecule has 0 spiro atoms. The summed E-state index contributed by atoms with van der Waals surface area (Å²) in [5, 5.41) is 9.99. The fraction of sp³-hybridized carbons (Fsp3) is 0.133.